The molecular formula is C21H20BrNO4. The fourth-order valence-corrected chi connectivity index (χ4v) is 3.54. The van der Waals surface area contributed by atoms with E-state index >= 15 is 0 Å². The number of aryl methyl sites for hydroxylation is 2. The Bertz CT molecular complexity index is 924. The molecule has 0 unspecified atom stereocenters. The lowest BCUT2D eigenvalue weighted by Gasteiger charge is -2.12. The van der Waals surface area contributed by atoms with Crippen LogP contribution in [-0.2, 0) is 11.4 Å². The van der Waals surface area contributed by atoms with Gasteiger partial charge in [0.05, 0.1) is 4.47 Å². The molecule has 0 fully saturated rings. The van der Waals surface area contributed by atoms with E-state index in [-0.39, 0.29) is 19.1 Å². The number of benzene rings is 2. The zero-order chi connectivity index (χ0) is 19.4. The molecule has 140 valence electrons. The number of nitrogens with one attached hydrogen (secondary N) is 1. The van der Waals surface area contributed by atoms with Crippen molar-refractivity contribution in [1.29, 1.82) is 0 Å². The first-order valence-electron chi connectivity index (χ1n) is 8.45. The summed E-state index contributed by atoms with van der Waals surface area (Å²) >= 11 is 3.47. The van der Waals surface area contributed by atoms with Crippen LogP contribution in [0.3, 0.4) is 0 Å². The highest BCUT2D eigenvalue weighted by atomic mass is 79.9. The first-order valence-corrected chi connectivity index (χ1v) is 9.25. The summed E-state index contributed by atoms with van der Waals surface area (Å²) in [4.78, 5) is 12.2. The standard InChI is InChI=1S/C21H20BrNO4/c1-13-9-14(2)21(18(22)10-13)26-12-20(25)23-16-5-3-15(4-6-16)19-8-7-17(11-24)27-19/h3-10,24H,11-12H2,1-2H3,(H,23,25). The van der Waals surface area contributed by atoms with Crippen LogP contribution in [0.2, 0.25) is 0 Å². The monoisotopic (exact) mass is 429 g/mol. The fourth-order valence-electron chi connectivity index (χ4n) is 2.76. The minimum atomic E-state index is -0.241. The lowest BCUT2D eigenvalue weighted by molar-refractivity contribution is -0.118. The van der Waals surface area contributed by atoms with Gasteiger partial charge in [-0.05, 0) is 83.4 Å². The third-order valence-corrected chi connectivity index (χ3v) is 4.58. The maximum atomic E-state index is 12.2. The molecule has 27 heavy (non-hydrogen) atoms. The van der Waals surface area contributed by atoms with E-state index in [9.17, 15) is 4.79 Å². The number of carbonyl (C=O) groups is 1. The van der Waals surface area contributed by atoms with Crippen molar-refractivity contribution in [3.8, 4) is 17.1 Å². The third-order valence-electron chi connectivity index (χ3n) is 3.99. The maximum absolute atomic E-state index is 12.2. The number of carbonyl (C=O) groups excluding carboxylic acids is 1. The van der Waals surface area contributed by atoms with Gasteiger partial charge in [0.1, 0.15) is 23.9 Å². The van der Waals surface area contributed by atoms with E-state index in [0.717, 1.165) is 21.2 Å². The van der Waals surface area contributed by atoms with Crippen LogP contribution in [0.4, 0.5) is 5.69 Å². The van der Waals surface area contributed by atoms with Crippen molar-refractivity contribution < 1.29 is 19.1 Å². The van der Waals surface area contributed by atoms with E-state index in [2.05, 4.69) is 21.2 Å². The molecule has 0 saturated heterocycles. The molecule has 0 saturated carbocycles. The van der Waals surface area contributed by atoms with Gasteiger partial charge in [-0.2, -0.15) is 0 Å². The van der Waals surface area contributed by atoms with Crippen molar-refractivity contribution in [3.05, 3.63) is 69.9 Å². The minimum Gasteiger partial charge on any atom is -0.482 e. The van der Waals surface area contributed by atoms with E-state index in [1.807, 2.05) is 38.1 Å². The summed E-state index contributed by atoms with van der Waals surface area (Å²) in [6, 6.07) is 14.8. The zero-order valence-electron chi connectivity index (χ0n) is 15.1. The van der Waals surface area contributed by atoms with Gasteiger partial charge < -0.3 is 19.6 Å². The second-order valence-electron chi connectivity index (χ2n) is 6.23. The molecule has 1 heterocycles. The zero-order valence-corrected chi connectivity index (χ0v) is 16.7. The molecule has 0 aliphatic rings. The first-order chi connectivity index (χ1) is 13.0. The van der Waals surface area contributed by atoms with Crippen LogP contribution < -0.4 is 10.1 Å². The van der Waals surface area contributed by atoms with Crippen molar-refractivity contribution in [3.63, 3.8) is 0 Å². The molecule has 6 heteroatoms. The normalized spacial score (nSPS) is 10.7. The summed E-state index contributed by atoms with van der Waals surface area (Å²) in [6.45, 7) is 3.73. The van der Waals surface area contributed by atoms with Gasteiger partial charge in [0.15, 0.2) is 6.61 Å². The summed E-state index contributed by atoms with van der Waals surface area (Å²) in [5.74, 6) is 1.61. The molecule has 1 amide bonds. The molecule has 0 atom stereocenters. The molecule has 0 aliphatic heterocycles. The second-order valence-corrected chi connectivity index (χ2v) is 7.09. The average molecular weight is 430 g/mol. The Hall–Kier alpha value is -2.57. The Kier molecular flexibility index (Phi) is 5.98. The lowest BCUT2D eigenvalue weighted by Crippen LogP contribution is -2.20. The summed E-state index contributed by atoms with van der Waals surface area (Å²) in [7, 11) is 0. The Balaban J connectivity index is 1.60. The molecule has 0 spiro atoms. The minimum absolute atomic E-state index is 0.0811. The van der Waals surface area contributed by atoms with Crippen LogP contribution in [0.15, 0.2) is 57.4 Å². The van der Waals surface area contributed by atoms with Gasteiger partial charge in [0.2, 0.25) is 0 Å². The van der Waals surface area contributed by atoms with Crippen LogP contribution in [0.5, 0.6) is 5.75 Å². The Morgan fingerprint density at radius 2 is 1.89 bits per heavy atom. The van der Waals surface area contributed by atoms with Crippen molar-refractivity contribution in [1.82, 2.24) is 0 Å². The number of amides is 1. The Morgan fingerprint density at radius 3 is 2.52 bits per heavy atom. The summed E-state index contributed by atoms with van der Waals surface area (Å²) in [6.07, 6.45) is 0. The number of hydrogen-bond acceptors (Lipinski definition) is 4. The number of aliphatic hydroxyl groups is 1. The summed E-state index contributed by atoms with van der Waals surface area (Å²) in [5.41, 5.74) is 3.63. The van der Waals surface area contributed by atoms with Crippen LogP contribution in [-0.4, -0.2) is 17.6 Å². The van der Waals surface area contributed by atoms with Gasteiger partial charge in [-0.25, -0.2) is 0 Å². The molecular weight excluding hydrogens is 410 g/mol. The van der Waals surface area contributed by atoms with E-state index in [4.69, 9.17) is 14.3 Å². The van der Waals surface area contributed by atoms with E-state index < -0.39 is 0 Å². The van der Waals surface area contributed by atoms with Crippen molar-refractivity contribution in [2.45, 2.75) is 20.5 Å². The van der Waals surface area contributed by atoms with Crippen LogP contribution in [0, 0.1) is 13.8 Å². The van der Waals surface area contributed by atoms with Crippen LogP contribution in [0.25, 0.3) is 11.3 Å². The third kappa shape index (κ3) is 4.78. The highest BCUT2D eigenvalue weighted by Crippen LogP contribution is 2.30. The van der Waals surface area contributed by atoms with Crippen LogP contribution >= 0.6 is 15.9 Å². The molecule has 0 radical (unpaired) electrons. The number of anilines is 1. The number of hydrogen-bond donors (Lipinski definition) is 2. The van der Waals surface area contributed by atoms with Gasteiger partial charge in [-0.3, -0.25) is 4.79 Å². The Labute approximate surface area is 166 Å². The Morgan fingerprint density at radius 1 is 1.15 bits per heavy atom. The average Bonchev–Trinajstić information content (AvgIpc) is 3.10. The number of halogens is 1. The molecule has 1 aromatic heterocycles. The molecule has 3 rings (SSSR count). The van der Waals surface area contributed by atoms with Crippen molar-refractivity contribution >= 4 is 27.5 Å². The summed E-state index contributed by atoms with van der Waals surface area (Å²) in [5, 5.41) is 11.9. The number of rotatable bonds is 6. The van der Waals surface area contributed by atoms with E-state index in [0.29, 0.717) is 23.0 Å². The summed E-state index contributed by atoms with van der Waals surface area (Å²) < 4.78 is 12.0. The van der Waals surface area contributed by atoms with Gasteiger partial charge in [0, 0.05) is 11.3 Å². The molecule has 3 aromatic rings. The molecule has 5 nitrogen and oxygen atoms in total. The van der Waals surface area contributed by atoms with Crippen molar-refractivity contribution in [2.75, 3.05) is 11.9 Å². The quantitative estimate of drug-likeness (QED) is 0.588. The topological polar surface area (TPSA) is 71.7 Å². The van der Waals surface area contributed by atoms with Gasteiger partial charge in [0.25, 0.3) is 5.91 Å². The van der Waals surface area contributed by atoms with Gasteiger partial charge >= 0.3 is 0 Å². The predicted octanol–water partition coefficient (Wildman–Crippen LogP) is 4.84. The lowest BCUT2D eigenvalue weighted by atomic mass is 10.1. The van der Waals surface area contributed by atoms with Gasteiger partial charge in [-0.1, -0.05) is 6.07 Å². The highest BCUT2D eigenvalue weighted by Gasteiger charge is 2.10. The molecule has 0 bridgehead atoms. The predicted molar refractivity (Wildman–Crippen MR) is 108 cm³/mol. The molecule has 2 aromatic carbocycles. The smallest absolute Gasteiger partial charge is 0.262 e. The number of ether oxygens (including phenoxy) is 1. The SMILES string of the molecule is Cc1cc(C)c(OCC(=O)Nc2ccc(-c3ccc(CO)o3)cc2)c(Br)c1. The van der Waals surface area contributed by atoms with Crippen LogP contribution in [0.1, 0.15) is 16.9 Å². The maximum Gasteiger partial charge on any atom is 0.262 e. The van der Waals surface area contributed by atoms with E-state index in [1.54, 1.807) is 24.3 Å². The molecule has 0 aliphatic carbocycles. The first kappa shape index (κ1) is 19.2. The fraction of sp³-hybridized carbons (Fsp3) is 0.190. The number of furan rings is 1. The van der Waals surface area contributed by atoms with Gasteiger partial charge in [-0.15, -0.1) is 0 Å². The largest absolute Gasteiger partial charge is 0.482 e. The number of aliphatic hydroxyl groups excluding tert-OH is 1. The van der Waals surface area contributed by atoms with E-state index in [1.165, 1.54) is 0 Å². The molecule has 2 N–H and O–H groups in total. The van der Waals surface area contributed by atoms with Crippen molar-refractivity contribution in [2.24, 2.45) is 0 Å². The second kappa shape index (κ2) is 8.41. The highest BCUT2D eigenvalue weighted by molar-refractivity contribution is 9.10.